The van der Waals surface area contributed by atoms with Gasteiger partial charge in [0.05, 0.1) is 37.4 Å². The van der Waals surface area contributed by atoms with Gasteiger partial charge in [0.25, 0.3) is 5.69 Å². The Balaban J connectivity index is 3.39. The Bertz CT molecular complexity index is 661. The normalized spacial score (nSPS) is 12.3. The van der Waals surface area contributed by atoms with Crippen LogP contribution in [0.1, 0.15) is 61.0 Å². The summed E-state index contributed by atoms with van der Waals surface area (Å²) in [4.78, 5) is 11.3. The maximum atomic E-state index is 11.7. The van der Waals surface area contributed by atoms with Gasteiger partial charge in [0.2, 0.25) is 0 Å². The lowest BCUT2D eigenvalue weighted by Gasteiger charge is -2.45. The van der Waals surface area contributed by atoms with Gasteiger partial charge >= 0.3 is 0 Å². The second-order valence-electron chi connectivity index (χ2n) is 8.25. The molecule has 0 saturated heterocycles. The molecule has 1 aromatic carbocycles. The molecule has 0 radical (unpaired) electrons. The monoisotopic (exact) mass is 443 g/mol. The van der Waals surface area contributed by atoms with Gasteiger partial charge in [-0.2, -0.15) is 0 Å². The number of rotatable bonds is 12. The zero-order chi connectivity index (χ0) is 23.2. The molecule has 0 spiro atoms. The molecular formula is C21H38N3O5P. The molecular weight excluding hydrogens is 405 g/mol. The smallest absolute Gasteiger partial charge is 0.278 e. The van der Waals surface area contributed by atoms with Crippen LogP contribution >= 0.6 is 8.45 Å². The molecule has 30 heavy (non-hydrogen) atoms. The number of nitro benzene ring substituents is 1. The third-order valence-corrected chi connectivity index (χ3v) is 7.63. The molecule has 172 valence electrons. The summed E-state index contributed by atoms with van der Waals surface area (Å²) in [5, 5.41) is 11.7. The van der Waals surface area contributed by atoms with Gasteiger partial charge in [-0.3, -0.25) is 10.1 Å². The van der Waals surface area contributed by atoms with Crippen molar-refractivity contribution in [2.45, 2.75) is 86.2 Å². The van der Waals surface area contributed by atoms with Crippen molar-refractivity contribution in [2.75, 3.05) is 14.2 Å². The van der Waals surface area contributed by atoms with Gasteiger partial charge in [0, 0.05) is 24.2 Å². The van der Waals surface area contributed by atoms with Gasteiger partial charge in [-0.1, -0.05) is 0 Å². The summed E-state index contributed by atoms with van der Waals surface area (Å²) < 4.78 is 21.8. The Morgan fingerprint density at radius 2 is 1.27 bits per heavy atom. The number of methoxy groups -OCH3 is 2. The molecule has 0 aromatic heterocycles. The number of nitro groups is 1. The highest BCUT2D eigenvalue weighted by molar-refractivity contribution is 7.47. The molecule has 0 aliphatic carbocycles. The van der Waals surface area contributed by atoms with Gasteiger partial charge in [-0.05, 0) is 61.5 Å². The van der Waals surface area contributed by atoms with Crippen molar-refractivity contribution in [2.24, 2.45) is 0 Å². The van der Waals surface area contributed by atoms with Gasteiger partial charge in [0.15, 0.2) is 19.9 Å². The summed E-state index contributed by atoms with van der Waals surface area (Å²) in [5.41, 5.74) is 0.425. The van der Waals surface area contributed by atoms with Crippen molar-refractivity contribution in [1.82, 2.24) is 9.34 Å². The zero-order valence-electron chi connectivity index (χ0n) is 20.0. The van der Waals surface area contributed by atoms with Gasteiger partial charge in [-0.25, -0.2) is 9.34 Å². The zero-order valence-corrected chi connectivity index (χ0v) is 20.9. The fraction of sp³-hybridized carbons (Fsp3) is 0.714. The highest BCUT2D eigenvalue weighted by Crippen LogP contribution is 2.51. The Labute approximate surface area is 182 Å². The number of hydrogen-bond donors (Lipinski definition) is 0. The quantitative estimate of drug-likeness (QED) is 0.237. The fourth-order valence-electron chi connectivity index (χ4n) is 3.56. The van der Waals surface area contributed by atoms with Gasteiger partial charge in [-0.15, -0.1) is 0 Å². The van der Waals surface area contributed by atoms with Crippen LogP contribution in [-0.2, 0) is 11.1 Å². The molecule has 0 aliphatic rings. The maximum absolute atomic E-state index is 11.7. The molecule has 0 fully saturated rings. The minimum absolute atomic E-state index is 0.0381. The summed E-state index contributed by atoms with van der Waals surface area (Å²) in [6.07, 6.45) is 0. The van der Waals surface area contributed by atoms with Crippen molar-refractivity contribution in [3.63, 3.8) is 0 Å². The fourth-order valence-corrected chi connectivity index (χ4v) is 5.90. The molecule has 0 heterocycles. The van der Waals surface area contributed by atoms with E-state index in [2.05, 4.69) is 64.7 Å². The topological polar surface area (TPSA) is 77.3 Å². The Hall–Kier alpha value is -1.47. The molecule has 0 amide bonds. The molecule has 8 nitrogen and oxygen atoms in total. The summed E-state index contributed by atoms with van der Waals surface area (Å²) in [6.45, 7) is 17.3. The Morgan fingerprint density at radius 3 is 1.60 bits per heavy atom. The second-order valence-corrected chi connectivity index (χ2v) is 9.94. The lowest BCUT2D eigenvalue weighted by atomic mass is 10.1. The van der Waals surface area contributed by atoms with E-state index in [4.69, 9.17) is 14.0 Å². The van der Waals surface area contributed by atoms with Crippen molar-refractivity contribution in [3.05, 3.63) is 27.8 Å². The lowest BCUT2D eigenvalue weighted by molar-refractivity contribution is -0.385. The standard InChI is InChI=1S/C21H38N3O5P/c1-14(2)22(15(3)4)30(23(16(5)6)17(7)8)29-13-18-11-20(27-9)21(28-10)12-19(18)24(25)26/h11-12,14-17H,13H2,1-10H3. The van der Waals surface area contributed by atoms with Crippen LogP contribution in [0.5, 0.6) is 11.5 Å². The van der Waals surface area contributed by atoms with Crippen LogP contribution in [0.25, 0.3) is 0 Å². The van der Waals surface area contributed by atoms with E-state index in [1.54, 1.807) is 6.07 Å². The van der Waals surface area contributed by atoms with Crippen LogP contribution in [0.15, 0.2) is 12.1 Å². The highest BCUT2D eigenvalue weighted by atomic mass is 31.2. The first-order valence-electron chi connectivity index (χ1n) is 10.3. The van der Waals surface area contributed by atoms with Crippen LogP contribution in [-0.4, -0.2) is 52.7 Å². The highest BCUT2D eigenvalue weighted by Gasteiger charge is 2.35. The van der Waals surface area contributed by atoms with Crippen LogP contribution in [0.4, 0.5) is 5.69 Å². The minimum atomic E-state index is -1.15. The molecule has 0 bridgehead atoms. The van der Waals surface area contributed by atoms with E-state index in [-0.39, 0.29) is 36.5 Å². The van der Waals surface area contributed by atoms with Gasteiger partial charge < -0.3 is 14.0 Å². The van der Waals surface area contributed by atoms with E-state index < -0.39 is 13.4 Å². The van der Waals surface area contributed by atoms with Crippen molar-refractivity contribution in [1.29, 1.82) is 0 Å². The van der Waals surface area contributed by atoms with Crippen molar-refractivity contribution >= 4 is 14.1 Å². The second kappa shape index (κ2) is 11.8. The average molecular weight is 444 g/mol. The number of ether oxygens (including phenoxy) is 2. The molecule has 9 heteroatoms. The third kappa shape index (κ3) is 6.51. The lowest BCUT2D eigenvalue weighted by Crippen LogP contribution is -2.43. The molecule has 0 atom stereocenters. The molecule has 1 rings (SSSR count). The first kappa shape index (κ1) is 26.6. The van der Waals surface area contributed by atoms with E-state index in [1.807, 2.05) is 0 Å². The molecule has 1 aromatic rings. The van der Waals surface area contributed by atoms with E-state index >= 15 is 0 Å². The predicted octanol–water partition coefficient (Wildman–Crippen LogP) is 5.59. The average Bonchev–Trinajstić information content (AvgIpc) is 2.63. The van der Waals surface area contributed by atoms with Crippen LogP contribution in [0, 0.1) is 10.1 Å². The number of hydrogen-bond acceptors (Lipinski definition) is 7. The first-order valence-corrected chi connectivity index (χ1v) is 11.5. The summed E-state index contributed by atoms with van der Waals surface area (Å²) >= 11 is 0. The number of nitrogens with zero attached hydrogens (tertiary/aromatic N) is 3. The third-order valence-electron chi connectivity index (χ3n) is 4.63. The summed E-state index contributed by atoms with van der Waals surface area (Å²) in [6, 6.07) is 4.07. The predicted molar refractivity (Wildman–Crippen MR) is 122 cm³/mol. The first-order chi connectivity index (χ1) is 14.0. The molecule has 0 aliphatic heterocycles. The SMILES string of the molecule is COc1cc(COP(N(C(C)C)C(C)C)N(C(C)C)C(C)C)c([N+](=O)[O-])cc1OC. The van der Waals surface area contributed by atoms with E-state index in [9.17, 15) is 10.1 Å². The van der Waals surface area contributed by atoms with E-state index in [0.717, 1.165) is 0 Å². The molecule has 0 unspecified atom stereocenters. The largest absolute Gasteiger partial charge is 0.493 e. The van der Waals surface area contributed by atoms with Crippen LogP contribution in [0.3, 0.4) is 0 Å². The van der Waals surface area contributed by atoms with Crippen LogP contribution < -0.4 is 9.47 Å². The molecule has 0 N–H and O–H groups in total. The Kier molecular flexibility index (Phi) is 10.4. The van der Waals surface area contributed by atoms with Crippen molar-refractivity contribution in [3.8, 4) is 11.5 Å². The molecule has 0 saturated carbocycles. The van der Waals surface area contributed by atoms with Crippen LogP contribution in [0.2, 0.25) is 0 Å². The minimum Gasteiger partial charge on any atom is -0.493 e. The summed E-state index contributed by atoms with van der Waals surface area (Å²) in [5.74, 6) is 0.771. The van der Waals surface area contributed by atoms with E-state index in [1.165, 1.54) is 20.3 Å². The van der Waals surface area contributed by atoms with E-state index in [0.29, 0.717) is 17.1 Å². The van der Waals surface area contributed by atoms with Crippen molar-refractivity contribution < 1.29 is 18.9 Å². The van der Waals surface area contributed by atoms with Gasteiger partial charge in [0.1, 0.15) is 0 Å². The Morgan fingerprint density at radius 1 is 0.867 bits per heavy atom. The maximum Gasteiger partial charge on any atom is 0.278 e. The number of benzene rings is 1. The summed E-state index contributed by atoms with van der Waals surface area (Å²) in [7, 11) is 1.82.